The Hall–Kier alpha value is -1.60. The van der Waals surface area contributed by atoms with Gasteiger partial charge in [0, 0.05) is 6.04 Å². The molecule has 0 bridgehead atoms. The quantitative estimate of drug-likeness (QED) is 0.842. The first-order valence-electron chi connectivity index (χ1n) is 6.99. The van der Waals surface area contributed by atoms with Crippen molar-refractivity contribution < 1.29 is 0 Å². The molecule has 2 aromatic carbocycles. The number of rotatable bonds is 5. The van der Waals surface area contributed by atoms with Gasteiger partial charge in [-0.25, -0.2) is 0 Å². The van der Waals surface area contributed by atoms with E-state index in [9.17, 15) is 0 Å². The molecule has 1 nitrogen and oxygen atoms in total. The van der Waals surface area contributed by atoms with Gasteiger partial charge in [-0.3, -0.25) is 0 Å². The van der Waals surface area contributed by atoms with Crippen LogP contribution < -0.4 is 5.32 Å². The summed E-state index contributed by atoms with van der Waals surface area (Å²) in [4.78, 5) is 0. The maximum atomic E-state index is 3.42. The van der Waals surface area contributed by atoms with Crippen LogP contribution >= 0.6 is 0 Å². The summed E-state index contributed by atoms with van der Waals surface area (Å²) >= 11 is 0. The molecule has 1 heteroatoms. The lowest BCUT2D eigenvalue weighted by Crippen LogP contribution is -2.17. The molecule has 1 atom stereocenters. The highest BCUT2D eigenvalue weighted by Crippen LogP contribution is 2.20. The van der Waals surface area contributed by atoms with Gasteiger partial charge in [-0.15, -0.1) is 0 Å². The van der Waals surface area contributed by atoms with Gasteiger partial charge in [0.1, 0.15) is 0 Å². The molecule has 0 amide bonds. The van der Waals surface area contributed by atoms with Gasteiger partial charge >= 0.3 is 0 Å². The Bertz CT molecular complexity index is 516. The summed E-state index contributed by atoms with van der Waals surface area (Å²) in [5.41, 5.74) is 5.58. The Labute approximate surface area is 116 Å². The Kier molecular flexibility index (Phi) is 4.75. The summed E-state index contributed by atoms with van der Waals surface area (Å²) in [6.45, 7) is 4.36. The van der Waals surface area contributed by atoms with Crippen LogP contribution in [0.2, 0.25) is 0 Å². The lowest BCUT2D eigenvalue weighted by atomic mass is 9.96. The van der Waals surface area contributed by atoms with Gasteiger partial charge in [0.25, 0.3) is 0 Å². The van der Waals surface area contributed by atoms with Gasteiger partial charge in [0.2, 0.25) is 0 Å². The van der Waals surface area contributed by atoms with E-state index in [0.29, 0.717) is 6.04 Å². The third-order valence-corrected chi connectivity index (χ3v) is 3.75. The van der Waals surface area contributed by atoms with Gasteiger partial charge in [-0.2, -0.15) is 0 Å². The van der Waals surface area contributed by atoms with Crippen molar-refractivity contribution in [3.8, 4) is 0 Å². The van der Waals surface area contributed by atoms with Gasteiger partial charge < -0.3 is 5.32 Å². The highest BCUT2D eigenvalue weighted by atomic mass is 14.9. The molecule has 1 unspecified atom stereocenters. The smallest absolute Gasteiger partial charge is 0.0320 e. The SMILES string of the molecule is CNC(CCc1ccc(C)cc1C)c1ccccc1. The highest BCUT2D eigenvalue weighted by molar-refractivity contribution is 5.30. The molecule has 0 aliphatic rings. The van der Waals surface area contributed by atoms with Crippen LogP contribution in [0.3, 0.4) is 0 Å². The van der Waals surface area contributed by atoms with Gasteiger partial charge in [0.05, 0.1) is 0 Å². The van der Waals surface area contributed by atoms with Crippen LogP contribution in [0.5, 0.6) is 0 Å². The number of nitrogens with one attached hydrogen (secondary N) is 1. The lowest BCUT2D eigenvalue weighted by Gasteiger charge is -2.17. The molecule has 0 saturated carbocycles. The largest absolute Gasteiger partial charge is 0.313 e. The average Bonchev–Trinajstić information content (AvgIpc) is 2.43. The van der Waals surface area contributed by atoms with Crippen molar-refractivity contribution in [3.63, 3.8) is 0 Å². The molecule has 0 radical (unpaired) electrons. The predicted molar refractivity (Wildman–Crippen MR) is 82.5 cm³/mol. The van der Waals surface area contributed by atoms with Crippen LogP contribution in [0.15, 0.2) is 48.5 Å². The topological polar surface area (TPSA) is 12.0 Å². The second-order valence-corrected chi connectivity index (χ2v) is 5.22. The van der Waals surface area contributed by atoms with E-state index in [1.54, 1.807) is 0 Å². The van der Waals surface area contributed by atoms with E-state index in [1.165, 1.54) is 22.3 Å². The van der Waals surface area contributed by atoms with Crippen molar-refractivity contribution in [1.82, 2.24) is 5.32 Å². The number of benzene rings is 2. The molecular weight excluding hydrogens is 230 g/mol. The minimum atomic E-state index is 0.432. The molecule has 0 aromatic heterocycles. The van der Waals surface area contributed by atoms with Crippen molar-refractivity contribution >= 4 is 0 Å². The fraction of sp³-hybridized carbons (Fsp3) is 0.333. The van der Waals surface area contributed by atoms with Gasteiger partial charge in [-0.05, 0) is 50.4 Å². The van der Waals surface area contributed by atoms with E-state index < -0.39 is 0 Å². The third kappa shape index (κ3) is 3.68. The second-order valence-electron chi connectivity index (χ2n) is 5.22. The zero-order chi connectivity index (χ0) is 13.7. The first-order chi connectivity index (χ1) is 9.20. The monoisotopic (exact) mass is 253 g/mol. The van der Waals surface area contributed by atoms with Crippen molar-refractivity contribution in [3.05, 3.63) is 70.8 Å². The summed E-state index contributed by atoms with van der Waals surface area (Å²) in [7, 11) is 2.04. The molecule has 100 valence electrons. The first-order valence-corrected chi connectivity index (χ1v) is 6.99. The molecule has 0 heterocycles. The van der Waals surface area contributed by atoms with Crippen LogP contribution in [-0.2, 0) is 6.42 Å². The summed E-state index contributed by atoms with van der Waals surface area (Å²) in [6, 6.07) is 17.9. The van der Waals surface area contributed by atoms with Crippen LogP contribution in [0.1, 0.15) is 34.7 Å². The molecule has 0 saturated heterocycles. The molecule has 0 aliphatic carbocycles. The fourth-order valence-electron chi connectivity index (χ4n) is 2.59. The standard InChI is InChI=1S/C18H23N/c1-14-9-10-16(15(2)13-14)11-12-18(19-3)17-7-5-4-6-8-17/h4-10,13,18-19H,11-12H2,1-3H3. The van der Waals surface area contributed by atoms with Crippen LogP contribution in [0.4, 0.5) is 0 Å². The minimum Gasteiger partial charge on any atom is -0.313 e. The zero-order valence-corrected chi connectivity index (χ0v) is 12.1. The Balaban J connectivity index is 2.04. The maximum Gasteiger partial charge on any atom is 0.0320 e. The Morgan fingerprint density at radius 1 is 1.00 bits per heavy atom. The van der Waals surface area contributed by atoms with E-state index in [1.807, 2.05) is 7.05 Å². The normalized spacial score (nSPS) is 12.4. The summed E-state index contributed by atoms with van der Waals surface area (Å²) < 4.78 is 0. The van der Waals surface area contributed by atoms with E-state index in [4.69, 9.17) is 0 Å². The second kappa shape index (κ2) is 6.53. The number of hydrogen-bond acceptors (Lipinski definition) is 1. The first kappa shape index (κ1) is 13.8. The summed E-state index contributed by atoms with van der Waals surface area (Å²) in [5, 5.41) is 3.42. The van der Waals surface area contributed by atoms with E-state index in [2.05, 4.69) is 67.7 Å². The molecule has 0 aliphatic heterocycles. The van der Waals surface area contributed by atoms with Gasteiger partial charge in [0.15, 0.2) is 0 Å². The Morgan fingerprint density at radius 2 is 1.74 bits per heavy atom. The average molecular weight is 253 g/mol. The third-order valence-electron chi connectivity index (χ3n) is 3.75. The van der Waals surface area contributed by atoms with E-state index in [-0.39, 0.29) is 0 Å². The molecule has 0 spiro atoms. The highest BCUT2D eigenvalue weighted by Gasteiger charge is 2.09. The fourth-order valence-corrected chi connectivity index (χ4v) is 2.59. The zero-order valence-electron chi connectivity index (χ0n) is 12.1. The molecule has 0 fully saturated rings. The van der Waals surface area contributed by atoms with Crippen molar-refractivity contribution in [2.24, 2.45) is 0 Å². The lowest BCUT2D eigenvalue weighted by molar-refractivity contribution is 0.548. The molecular formula is C18H23N. The Morgan fingerprint density at radius 3 is 2.37 bits per heavy atom. The van der Waals surface area contributed by atoms with Crippen molar-refractivity contribution in [1.29, 1.82) is 0 Å². The molecule has 1 N–H and O–H groups in total. The van der Waals surface area contributed by atoms with E-state index in [0.717, 1.165) is 12.8 Å². The van der Waals surface area contributed by atoms with Crippen LogP contribution in [-0.4, -0.2) is 7.05 Å². The number of aryl methyl sites for hydroxylation is 3. The van der Waals surface area contributed by atoms with Crippen molar-refractivity contribution in [2.45, 2.75) is 32.7 Å². The van der Waals surface area contributed by atoms with Gasteiger partial charge in [-0.1, -0.05) is 54.1 Å². The molecule has 2 rings (SSSR count). The summed E-state index contributed by atoms with van der Waals surface area (Å²) in [5.74, 6) is 0. The molecule has 2 aromatic rings. The predicted octanol–water partition coefficient (Wildman–Crippen LogP) is 4.20. The van der Waals surface area contributed by atoms with Crippen LogP contribution in [0, 0.1) is 13.8 Å². The maximum absolute atomic E-state index is 3.42. The summed E-state index contributed by atoms with van der Waals surface area (Å²) in [6.07, 6.45) is 2.25. The molecule has 19 heavy (non-hydrogen) atoms. The minimum absolute atomic E-state index is 0.432. The number of hydrogen-bond donors (Lipinski definition) is 1. The van der Waals surface area contributed by atoms with Crippen molar-refractivity contribution in [2.75, 3.05) is 7.05 Å². The van der Waals surface area contributed by atoms with E-state index >= 15 is 0 Å². The van der Waals surface area contributed by atoms with Crippen LogP contribution in [0.25, 0.3) is 0 Å².